The molecule has 4 nitrogen and oxygen atoms in total. The second-order valence-electron chi connectivity index (χ2n) is 6.85. The Balaban J connectivity index is 2.19. The first-order valence-electron chi connectivity index (χ1n) is 7.43. The average molecular weight is 302 g/mol. The van der Waals surface area contributed by atoms with Crippen molar-refractivity contribution in [2.24, 2.45) is 5.92 Å². The third kappa shape index (κ3) is 3.27. The van der Waals surface area contributed by atoms with E-state index in [-0.39, 0.29) is 23.8 Å². The first kappa shape index (κ1) is 15.6. The van der Waals surface area contributed by atoms with Gasteiger partial charge < -0.3 is 4.74 Å². The number of alkyl halides is 1. The molecule has 2 fully saturated rings. The van der Waals surface area contributed by atoms with Crippen LogP contribution in [-0.2, 0) is 9.53 Å². The Morgan fingerprint density at radius 3 is 2.50 bits per heavy atom. The van der Waals surface area contributed by atoms with E-state index in [1.165, 1.54) is 6.42 Å². The highest BCUT2D eigenvalue weighted by atomic mass is 35.5. The normalized spacial score (nSPS) is 30.0. The number of ether oxygens (including phenoxy) is 1. The van der Waals surface area contributed by atoms with Crippen LogP contribution in [0.25, 0.3) is 0 Å². The van der Waals surface area contributed by atoms with Crippen molar-refractivity contribution in [3.63, 3.8) is 0 Å². The molecule has 2 aliphatic rings. The quantitative estimate of drug-likeness (QED) is 0.735. The molecule has 1 aliphatic heterocycles. The van der Waals surface area contributed by atoms with E-state index in [9.17, 15) is 9.59 Å². The number of hydrogen-bond acceptors (Lipinski definition) is 3. The maximum absolute atomic E-state index is 12.5. The van der Waals surface area contributed by atoms with Gasteiger partial charge in [-0.2, -0.15) is 0 Å². The van der Waals surface area contributed by atoms with Gasteiger partial charge in [0.15, 0.2) is 5.78 Å². The van der Waals surface area contributed by atoms with Crippen LogP contribution in [0.4, 0.5) is 4.79 Å². The van der Waals surface area contributed by atoms with Gasteiger partial charge in [-0.05, 0) is 46.0 Å². The molecule has 20 heavy (non-hydrogen) atoms. The molecular weight excluding hydrogens is 278 g/mol. The number of rotatable bonds is 2. The maximum atomic E-state index is 12.5. The Kier molecular flexibility index (Phi) is 4.62. The first-order valence-corrected chi connectivity index (χ1v) is 7.97. The summed E-state index contributed by atoms with van der Waals surface area (Å²) in [6, 6.07) is -0.244. The molecule has 1 saturated carbocycles. The summed E-state index contributed by atoms with van der Waals surface area (Å²) < 4.78 is 5.49. The molecule has 0 N–H and O–H groups in total. The summed E-state index contributed by atoms with van der Waals surface area (Å²) in [4.78, 5) is 26.2. The molecule has 5 heteroatoms. The number of carbonyl (C=O) groups is 2. The van der Waals surface area contributed by atoms with Gasteiger partial charge in [0.2, 0.25) is 0 Å². The lowest BCUT2D eigenvalue weighted by Crippen LogP contribution is -2.48. The lowest BCUT2D eigenvalue weighted by molar-refractivity contribution is -0.121. The van der Waals surface area contributed by atoms with Crippen molar-refractivity contribution in [3.8, 4) is 0 Å². The predicted molar refractivity (Wildman–Crippen MR) is 78.0 cm³/mol. The number of fused-ring (bicyclic) bond motifs is 1. The van der Waals surface area contributed by atoms with Crippen molar-refractivity contribution in [2.75, 3.05) is 5.88 Å². The summed E-state index contributed by atoms with van der Waals surface area (Å²) in [6.45, 7) is 5.53. The molecule has 0 aromatic rings. The summed E-state index contributed by atoms with van der Waals surface area (Å²) in [5.41, 5.74) is -0.543. The Bertz CT molecular complexity index is 391. The first-order chi connectivity index (χ1) is 9.33. The third-order valence-electron chi connectivity index (χ3n) is 4.20. The largest absolute Gasteiger partial charge is 0.444 e. The summed E-state index contributed by atoms with van der Waals surface area (Å²) in [5, 5.41) is 0. The van der Waals surface area contributed by atoms with E-state index in [0.29, 0.717) is 5.92 Å². The van der Waals surface area contributed by atoms with Crippen LogP contribution in [0.1, 0.15) is 52.9 Å². The molecular formula is C15H24ClNO3. The molecule has 0 spiro atoms. The monoisotopic (exact) mass is 301 g/mol. The fourth-order valence-electron chi connectivity index (χ4n) is 3.41. The fourth-order valence-corrected chi connectivity index (χ4v) is 3.59. The lowest BCUT2D eigenvalue weighted by atomic mass is 9.84. The summed E-state index contributed by atoms with van der Waals surface area (Å²) in [5.74, 6) is 0.323. The van der Waals surface area contributed by atoms with Gasteiger partial charge in [-0.25, -0.2) is 4.79 Å². The van der Waals surface area contributed by atoms with Crippen LogP contribution in [0.3, 0.4) is 0 Å². The highest BCUT2D eigenvalue weighted by molar-refractivity contribution is 6.28. The van der Waals surface area contributed by atoms with Crippen molar-refractivity contribution in [1.29, 1.82) is 0 Å². The van der Waals surface area contributed by atoms with Crippen LogP contribution < -0.4 is 0 Å². The SMILES string of the molecule is CC(C)(C)OC(=O)N1C(C(=O)CCl)CC2CCCCC21. The molecule has 3 unspecified atom stereocenters. The molecule has 1 heterocycles. The van der Waals surface area contributed by atoms with E-state index >= 15 is 0 Å². The molecule has 1 amide bonds. The molecule has 1 aliphatic carbocycles. The molecule has 0 aromatic heterocycles. The zero-order chi connectivity index (χ0) is 14.9. The summed E-state index contributed by atoms with van der Waals surface area (Å²) in [6.07, 6.45) is 4.74. The Hall–Kier alpha value is -0.770. The predicted octanol–water partition coefficient (Wildman–Crippen LogP) is 3.36. The number of Topliss-reactive ketones (excluding diaryl/α,β-unsaturated/α-hetero) is 1. The van der Waals surface area contributed by atoms with Crippen LogP contribution in [-0.4, -0.2) is 40.3 Å². The van der Waals surface area contributed by atoms with Gasteiger partial charge >= 0.3 is 6.09 Å². The summed E-state index contributed by atoms with van der Waals surface area (Å²) in [7, 11) is 0. The molecule has 0 aromatic carbocycles. The van der Waals surface area contributed by atoms with E-state index in [0.717, 1.165) is 25.7 Å². The van der Waals surface area contributed by atoms with Crippen LogP contribution in [0.5, 0.6) is 0 Å². The topological polar surface area (TPSA) is 46.6 Å². The summed E-state index contributed by atoms with van der Waals surface area (Å²) >= 11 is 5.70. The molecule has 0 radical (unpaired) electrons. The van der Waals surface area contributed by atoms with Crippen molar-refractivity contribution in [2.45, 2.75) is 70.6 Å². The molecule has 114 valence electrons. The maximum Gasteiger partial charge on any atom is 0.411 e. The van der Waals surface area contributed by atoms with Gasteiger partial charge in [0.25, 0.3) is 0 Å². The van der Waals surface area contributed by atoms with E-state index in [4.69, 9.17) is 16.3 Å². The Morgan fingerprint density at radius 1 is 1.25 bits per heavy atom. The Labute approximate surface area is 125 Å². The van der Waals surface area contributed by atoms with Gasteiger partial charge in [-0.3, -0.25) is 9.69 Å². The average Bonchev–Trinajstić information content (AvgIpc) is 2.75. The van der Waals surface area contributed by atoms with Crippen LogP contribution in [0.2, 0.25) is 0 Å². The molecule has 0 bridgehead atoms. The smallest absolute Gasteiger partial charge is 0.411 e. The minimum absolute atomic E-state index is 0.0383. The number of halogens is 1. The minimum Gasteiger partial charge on any atom is -0.444 e. The highest BCUT2D eigenvalue weighted by Crippen LogP contribution is 2.40. The van der Waals surface area contributed by atoms with Crippen molar-refractivity contribution in [1.82, 2.24) is 4.90 Å². The number of carbonyl (C=O) groups excluding carboxylic acids is 2. The Morgan fingerprint density at radius 2 is 1.90 bits per heavy atom. The number of amides is 1. The zero-order valence-corrected chi connectivity index (χ0v) is 13.3. The zero-order valence-electron chi connectivity index (χ0n) is 12.5. The number of hydrogen-bond donors (Lipinski definition) is 0. The van der Waals surface area contributed by atoms with Gasteiger partial charge in [0.1, 0.15) is 5.60 Å². The van der Waals surface area contributed by atoms with Crippen LogP contribution >= 0.6 is 11.6 Å². The van der Waals surface area contributed by atoms with Gasteiger partial charge in [-0.15, -0.1) is 11.6 Å². The van der Waals surface area contributed by atoms with Crippen LogP contribution in [0, 0.1) is 5.92 Å². The highest BCUT2D eigenvalue weighted by Gasteiger charge is 2.48. The fraction of sp³-hybridized carbons (Fsp3) is 0.867. The molecule has 3 atom stereocenters. The number of likely N-dealkylation sites (tertiary alicyclic amines) is 1. The van der Waals surface area contributed by atoms with Crippen molar-refractivity contribution in [3.05, 3.63) is 0 Å². The van der Waals surface area contributed by atoms with Gasteiger partial charge in [0.05, 0.1) is 11.9 Å². The second kappa shape index (κ2) is 5.92. The second-order valence-corrected chi connectivity index (χ2v) is 7.12. The van der Waals surface area contributed by atoms with E-state index in [2.05, 4.69) is 0 Å². The third-order valence-corrected chi connectivity index (χ3v) is 4.46. The van der Waals surface area contributed by atoms with Crippen molar-refractivity contribution >= 4 is 23.5 Å². The number of ketones is 1. The van der Waals surface area contributed by atoms with E-state index in [1.54, 1.807) is 4.90 Å². The number of nitrogens with zero attached hydrogens (tertiary/aromatic N) is 1. The van der Waals surface area contributed by atoms with E-state index in [1.807, 2.05) is 20.8 Å². The van der Waals surface area contributed by atoms with E-state index < -0.39 is 11.6 Å². The van der Waals surface area contributed by atoms with Crippen LogP contribution in [0.15, 0.2) is 0 Å². The molecule has 1 saturated heterocycles. The minimum atomic E-state index is -0.543. The van der Waals surface area contributed by atoms with Gasteiger partial charge in [0, 0.05) is 6.04 Å². The molecule has 2 rings (SSSR count). The van der Waals surface area contributed by atoms with Gasteiger partial charge in [-0.1, -0.05) is 12.8 Å². The standard InChI is InChI=1S/C15H24ClNO3/c1-15(2,3)20-14(19)17-11-7-5-4-6-10(11)8-12(17)13(18)9-16/h10-12H,4-9H2,1-3H3. The lowest BCUT2D eigenvalue weighted by Gasteiger charge is -2.34. The van der Waals surface area contributed by atoms with Crippen molar-refractivity contribution < 1.29 is 14.3 Å².